The van der Waals surface area contributed by atoms with Gasteiger partial charge in [-0.15, -0.1) is 0 Å². The minimum atomic E-state index is -0.986. The van der Waals surface area contributed by atoms with Crippen molar-refractivity contribution < 1.29 is 13.6 Å². The maximum Gasteiger partial charge on any atom is 0.255 e. The van der Waals surface area contributed by atoms with Gasteiger partial charge in [-0.3, -0.25) is 4.79 Å². The van der Waals surface area contributed by atoms with E-state index in [1.54, 1.807) is 4.90 Å². The molecule has 0 bridgehead atoms. The maximum absolute atomic E-state index is 13.2. The van der Waals surface area contributed by atoms with E-state index in [4.69, 9.17) is 5.73 Å². The van der Waals surface area contributed by atoms with E-state index in [0.29, 0.717) is 29.1 Å². The van der Waals surface area contributed by atoms with Crippen LogP contribution < -0.4 is 5.73 Å². The Labute approximate surface area is 124 Å². The monoisotopic (exact) mass is 380 g/mol. The van der Waals surface area contributed by atoms with Crippen molar-refractivity contribution in [2.45, 2.75) is 12.8 Å². The lowest BCUT2D eigenvalue weighted by atomic mass is 9.96. The highest BCUT2D eigenvalue weighted by Gasteiger charge is 2.25. The number of rotatable bonds is 2. The molecule has 0 aliphatic carbocycles. The summed E-state index contributed by atoms with van der Waals surface area (Å²) in [5, 5.41) is 0. The molecular weight excluding hydrogens is 365 g/mol. The van der Waals surface area contributed by atoms with Gasteiger partial charge < -0.3 is 10.6 Å². The Hall–Kier alpha value is -0.760. The molecule has 0 radical (unpaired) electrons. The molecule has 1 aliphatic heterocycles. The van der Waals surface area contributed by atoms with Gasteiger partial charge in [0.1, 0.15) is 0 Å². The molecule has 1 saturated heterocycles. The third kappa shape index (κ3) is 3.22. The zero-order valence-corrected chi connectivity index (χ0v) is 12.5. The second kappa shape index (κ2) is 6.13. The molecule has 19 heavy (non-hydrogen) atoms. The van der Waals surface area contributed by atoms with E-state index < -0.39 is 11.6 Å². The van der Waals surface area contributed by atoms with E-state index in [0.717, 1.165) is 25.0 Å². The fourth-order valence-corrected chi connectivity index (χ4v) is 2.89. The number of nitrogens with zero attached hydrogens (tertiary/aromatic N) is 1. The molecule has 6 heteroatoms. The maximum atomic E-state index is 13.2. The van der Waals surface area contributed by atoms with Crippen LogP contribution in [-0.2, 0) is 0 Å². The number of hydrogen-bond acceptors (Lipinski definition) is 2. The van der Waals surface area contributed by atoms with E-state index in [1.165, 1.54) is 0 Å². The SMILES string of the molecule is NCC1CCN(C(=O)c2cc(F)c(F)cc2I)CC1. The smallest absolute Gasteiger partial charge is 0.255 e. The van der Waals surface area contributed by atoms with Crippen molar-refractivity contribution in [3.05, 3.63) is 32.9 Å². The second-order valence-corrected chi connectivity index (χ2v) is 5.88. The number of carbonyl (C=O) groups excluding carboxylic acids is 1. The molecule has 2 N–H and O–H groups in total. The van der Waals surface area contributed by atoms with Crippen LogP contribution in [0.25, 0.3) is 0 Å². The number of nitrogens with two attached hydrogens (primary N) is 1. The Balaban J connectivity index is 2.14. The Kier molecular flexibility index (Phi) is 4.72. The Morgan fingerprint density at radius 3 is 2.47 bits per heavy atom. The van der Waals surface area contributed by atoms with Crippen molar-refractivity contribution in [1.82, 2.24) is 4.90 Å². The van der Waals surface area contributed by atoms with E-state index in [-0.39, 0.29) is 11.5 Å². The van der Waals surface area contributed by atoms with Crippen LogP contribution in [0.4, 0.5) is 8.78 Å². The molecule has 104 valence electrons. The first-order chi connectivity index (χ1) is 9.02. The van der Waals surface area contributed by atoms with Crippen LogP contribution in [0.5, 0.6) is 0 Å². The van der Waals surface area contributed by atoms with Gasteiger partial charge in [0.2, 0.25) is 0 Å². The molecule has 1 aromatic rings. The van der Waals surface area contributed by atoms with Crippen LogP contribution in [0, 0.1) is 21.1 Å². The lowest BCUT2D eigenvalue weighted by Gasteiger charge is -2.31. The second-order valence-electron chi connectivity index (χ2n) is 4.72. The predicted octanol–water partition coefficient (Wildman–Crippen LogP) is 2.38. The van der Waals surface area contributed by atoms with Gasteiger partial charge in [-0.05, 0) is 60.0 Å². The van der Waals surface area contributed by atoms with Crippen molar-refractivity contribution in [2.24, 2.45) is 11.7 Å². The lowest BCUT2D eigenvalue weighted by Crippen LogP contribution is -2.40. The molecule has 1 heterocycles. The first-order valence-corrected chi connectivity index (χ1v) is 7.24. The Morgan fingerprint density at radius 1 is 1.32 bits per heavy atom. The van der Waals surface area contributed by atoms with Crippen molar-refractivity contribution in [2.75, 3.05) is 19.6 Å². The van der Waals surface area contributed by atoms with Gasteiger partial charge in [-0.25, -0.2) is 8.78 Å². The summed E-state index contributed by atoms with van der Waals surface area (Å²) >= 11 is 1.85. The third-order valence-corrected chi connectivity index (χ3v) is 4.37. The molecular formula is C13H15F2IN2O. The van der Waals surface area contributed by atoms with Gasteiger partial charge in [0.15, 0.2) is 11.6 Å². The molecule has 0 spiro atoms. The number of halogens is 3. The normalized spacial score (nSPS) is 16.7. The molecule has 3 nitrogen and oxygen atoms in total. The van der Waals surface area contributed by atoms with Crippen LogP contribution in [-0.4, -0.2) is 30.4 Å². The average Bonchev–Trinajstić information content (AvgIpc) is 2.42. The largest absolute Gasteiger partial charge is 0.339 e. The quantitative estimate of drug-likeness (QED) is 0.633. The molecule has 1 amide bonds. The van der Waals surface area contributed by atoms with Gasteiger partial charge in [-0.2, -0.15) is 0 Å². The molecule has 1 aliphatic rings. The molecule has 1 fully saturated rings. The first kappa shape index (κ1) is 14.6. The Bertz CT molecular complexity index is 488. The highest BCUT2D eigenvalue weighted by atomic mass is 127. The summed E-state index contributed by atoms with van der Waals surface area (Å²) in [6.07, 6.45) is 1.73. The van der Waals surface area contributed by atoms with Crippen LogP contribution >= 0.6 is 22.6 Å². The number of carbonyl (C=O) groups is 1. The van der Waals surface area contributed by atoms with E-state index in [1.807, 2.05) is 22.6 Å². The van der Waals surface area contributed by atoms with E-state index >= 15 is 0 Å². The highest BCUT2D eigenvalue weighted by molar-refractivity contribution is 14.1. The number of benzene rings is 1. The van der Waals surface area contributed by atoms with Crippen LogP contribution in [0.3, 0.4) is 0 Å². The number of likely N-dealkylation sites (tertiary alicyclic amines) is 1. The van der Waals surface area contributed by atoms with Crippen LogP contribution in [0.1, 0.15) is 23.2 Å². The molecule has 0 atom stereocenters. The van der Waals surface area contributed by atoms with Crippen molar-refractivity contribution in [3.8, 4) is 0 Å². The van der Waals surface area contributed by atoms with Gasteiger partial charge in [0.25, 0.3) is 5.91 Å². The van der Waals surface area contributed by atoms with Crippen molar-refractivity contribution in [1.29, 1.82) is 0 Å². The fourth-order valence-electron chi connectivity index (χ4n) is 2.23. The summed E-state index contributed by atoms with van der Waals surface area (Å²) in [5.74, 6) is -1.70. The van der Waals surface area contributed by atoms with Crippen LogP contribution in [0.15, 0.2) is 12.1 Å². The zero-order valence-electron chi connectivity index (χ0n) is 10.3. The van der Waals surface area contributed by atoms with E-state index in [9.17, 15) is 13.6 Å². The molecule has 2 rings (SSSR count). The summed E-state index contributed by atoms with van der Waals surface area (Å²) in [6.45, 7) is 1.87. The lowest BCUT2D eigenvalue weighted by molar-refractivity contribution is 0.0691. The molecule has 0 unspecified atom stereocenters. The summed E-state index contributed by atoms with van der Waals surface area (Å²) < 4.78 is 26.7. The van der Waals surface area contributed by atoms with Gasteiger partial charge >= 0.3 is 0 Å². The van der Waals surface area contributed by atoms with Crippen LogP contribution in [0.2, 0.25) is 0 Å². The predicted molar refractivity (Wildman–Crippen MR) is 76.8 cm³/mol. The summed E-state index contributed by atoms with van der Waals surface area (Å²) in [5.41, 5.74) is 5.83. The number of amides is 1. The highest BCUT2D eigenvalue weighted by Crippen LogP contribution is 2.22. The number of piperidine rings is 1. The topological polar surface area (TPSA) is 46.3 Å². The standard InChI is InChI=1S/C13H15F2IN2O/c14-10-5-9(12(16)6-11(10)15)13(19)18-3-1-8(7-17)2-4-18/h5-6,8H,1-4,7,17H2. The first-order valence-electron chi connectivity index (χ1n) is 6.16. The van der Waals surface area contributed by atoms with Gasteiger partial charge in [-0.1, -0.05) is 0 Å². The van der Waals surface area contributed by atoms with E-state index in [2.05, 4.69) is 0 Å². The van der Waals surface area contributed by atoms with Gasteiger partial charge in [0.05, 0.1) is 5.56 Å². The number of hydrogen-bond donors (Lipinski definition) is 1. The zero-order chi connectivity index (χ0) is 14.0. The van der Waals surface area contributed by atoms with Gasteiger partial charge in [0, 0.05) is 16.7 Å². The summed E-state index contributed by atoms with van der Waals surface area (Å²) in [6, 6.07) is 2.03. The minimum absolute atomic E-state index is 0.227. The minimum Gasteiger partial charge on any atom is -0.339 e. The fraction of sp³-hybridized carbons (Fsp3) is 0.462. The molecule has 1 aromatic carbocycles. The Morgan fingerprint density at radius 2 is 1.89 bits per heavy atom. The summed E-state index contributed by atoms with van der Waals surface area (Å²) in [4.78, 5) is 14.0. The average molecular weight is 380 g/mol. The van der Waals surface area contributed by atoms with Crippen molar-refractivity contribution >= 4 is 28.5 Å². The summed E-state index contributed by atoms with van der Waals surface area (Å²) in [7, 11) is 0. The van der Waals surface area contributed by atoms with Crippen molar-refractivity contribution in [3.63, 3.8) is 0 Å². The molecule has 0 aromatic heterocycles. The third-order valence-electron chi connectivity index (χ3n) is 3.48. The molecule has 0 saturated carbocycles.